The Kier molecular flexibility index (Phi) is 6.19. The number of allylic oxidation sites excluding steroid dienone is 1. The van der Waals surface area contributed by atoms with Gasteiger partial charge in [0.05, 0.1) is 0 Å². The minimum Gasteiger partial charge on any atom is -0.407 e. The Morgan fingerprint density at radius 2 is 1.42 bits per heavy atom. The third-order valence-corrected chi connectivity index (χ3v) is 9.58. The molecule has 0 N–H and O–H groups in total. The van der Waals surface area contributed by atoms with Gasteiger partial charge in [-0.05, 0) is 27.8 Å². The van der Waals surface area contributed by atoms with Gasteiger partial charge in [0.2, 0.25) is 0 Å². The summed E-state index contributed by atoms with van der Waals surface area (Å²) in [5.41, 5.74) is 0. The molecule has 2 heteroatoms. The summed E-state index contributed by atoms with van der Waals surface area (Å²) in [5, 5.41) is 2.73. The summed E-state index contributed by atoms with van der Waals surface area (Å²) in [6, 6.07) is 21.6. The first-order valence-corrected chi connectivity index (χ1v) is 10.7. The third kappa shape index (κ3) is 3.88. The zero-order valence-corrected chi connectivity index (χ0v) is 16.5. The average molecular weight is 339 g/mol. The zero-order valence-electron chi connectivity index (χ0n) is 15.5. The maximum absolute atomic E-state index is 6.87. The van der Waals surface area contributed by atoms with E-state index in [0.717, 1.165) is 13.0 Å². The first kappa shape index (κ1) is 18.7. The van der Waals surface area contributed by atoms with Crippen LogP contribution in [0.1, 0.15) is 34.1 Å². The molecule has 0 amide bonds. The summed E-state index contributed by atoms with van der Waals surface area (Å²) in [5.74, 6) is 0.476. The molecule has 0 saturated heterocycles. The molecule has 1 nitrogen and oxygen atoms in total. The van der Waals surface area contributed by atoms with Gasteiger partial charge < -0.3 is 4.43 Å². The minimum atomic E-state index is -2.38. The molecule has 2 aromatic rings. The van der Waals surface area contributed by atoms with E-state index in [1.54, 1.807) is 0 Å². The van der Waals surface area contributed by atoms with Gasteiger partial charge in [0, 0.05) is 6.61 Å². The lowest BCUT2D eigenvalue weighted by Crippen LogP contribution is -2.66. The van der Waals surface area contributed by atoms with E-state index in [0.29, 0.717) is 5.92 Å². The minimum absolute atomic E-state index is 0.0452. The molecule has 0 unspecified atom stereocenters. The second-order valence-corrected chi connectivity index (χ2v) is 11.9. The second kappa shape index (κ2) is 7.95. The monoisotopic (exact) mass is 338 g/mol. The van der Waals surface area contributed by atoms with Crippen molar-refractivity contribution in [1.29, 1.82) is 0 Å². The molecular weight excluding hydrogens is 308 g/mol. The molecule has 0 radical (unpaired) electrons. The van der Waals surface area contributed by atoms with Gasteiger partial charge in [0.25, 0.3) is 8.32 Å². The molecular formula is C22H30OSi. The maximum atomic E-state index is 6.87. The second-order valence-electron chi connectivity index (χ2n) is 7.60. The topological polar surface area (TPSA) is 9.23 Å². The molecule has 0 aromatic heterocycles. The van der Waals surface area contributed by atoms with Gasteiger partial charge in [-0.1, -0.05) is 94.4 Å². The first-order chi connectivity index (χ1) is 11.4. The SMILES string of the molecule is C=CC[C@@H](C)CO[Si](c1ccccc1)(c1ccccc1)C(C)(C)C. The molecule has 0 aliphatic rings. The van der Waals surface area contributed by atoms with Crippen molar-refractivity contribution in [3.8, 4) is 0 Å². The maximum Gasteiger partial charge on any atom is 0.261 e. The number of hydrogen-bond donors (Lipinski definition) is 0. The summed E-state index contributed by atoms with van der Waals surface area (Å²) < 4.78 is 6.87. The molecule has 2 rings (SSSR count). The predicted molar refractivity (Wildman–Crippen MR) is 108 cm³/mol. The van der Waals surface area contributed by atoms with Gasteiger partial charge in [0.15, 0.2) is 0 Å². The van der Waals surface area contributed by atoms with Crippen LogP contribution in [0.25, 0.3) is 0 Å². The summed E-state index contributed by atoms with van der Waals surface area (Å²) >= 11 is 0. The fraction of sp³-hybridized carbons (Fsp3) is 0.364. The lowest BCUT2D eigenvalue weighted by Gasteiger charge is -2.43. The quantitative estimate of drug-likeness (QED) is 0.522. The molecule has 24 heavy (non-hydrogen) atoms. The fourth-order valence-electron chi connectivity index (χ4n) is 3.38. The van der Waals surface area contributed by atoms with Crippen LogP contribution in [0.2, 0.25) is 5.04 Å². The van der Waals surface area contributed by atoms with Crippen molar-refractivity contribution in [3.05, 3.63) is 73.3 Å². The van der Waals surface area contributed by atoms with Crippen LogP contribution in [0.5, 0.6) is 0 Å². The van der Waals surface area contributed by atoms with Crippen LogP contribution in [0.15, 0.2) is 73.3 Å². The Bertz CT molecular complexity index is 589. The van der Waals surface area contributed by atoms with Crippen LogP contribution < -0.4 is 10.4 Å². The van der Waals surface area contributed by atoms with Gasteiger partial charge in [0.1, 0.15) is 0 Å². The van der Waals surface area contributed by atoms with Gasteiger partial charge in [-0.3, -0.25) is 0 Å². The van der Waals surface area contributed by atoms with Gasteiger partial charge >= 0.3 is 0 Å². The van der Waals surface area contributed by atoms with Crippen LogP contribution in [0.3, 0.4) is 0 Å². The lowest BCUT2D eigenvalue weighted by atomic mass is 10.1. The number of benzene rings is 2. The summed E-state index contributed by atoms with van der Waals surface area (Å²) in [6.07, 6.45) is 2.97. The molecule has 0 aliphatic carbocycles. The smallest absolute Gasteiger partial charge is 0.261 e. The van der Waals surface area contributed by atoms with Crippen LogP contribution >= 0.6 is 0 Å². The fourth-order valence-corrected chi connectivity index (χ4v) is 8.07. The Morgan fingerprint density at radius 1 is 0.958 bits per heavy atom. The molecule has 2 aromatic carbocycles. The van der Waals surface area contributed by atoms with Crippen molar-refractivity contribution >= 4 is 18.7 Å². The molecule has 128 valence electrons. The van der Waals surface area contributed by atoms with Crippen LogP contribution in [0.4, 0.5) is 0 Å². The van der Waals surface area contributed by atoms with Crippen LogP contribution in [-0.4, -0.2) is 14.9 Å². The molecule has 0 fully saturated rings. The third-order valence-electron chi connectivity index (χ3n) is 4.57. The normalized spacial score (nSPS) is 13.5. The summed E-state index contributed by atoms with van der Waals surface area (Å²) in [4.78, 5) is 0. The number of rotatable bonds is 7. The van der Waals surface area contributed by atoms with Crippen LogP contribution in [-0.2, 0) is 4.43 Å². The summed E-state index contributed by atoms with van der Waals surface area (Å²) in [6.45, 7) is 13.8. The van der Waals surface area contributed by atoms with Gasteiger partial charge in [-0.15, -0.1) is 6.58 Å². The van der Waals surface area contributed by atoms with Crippen molar-refractivity contribution < 1.29 is 4.43 Å². The van der Waals surface area contributed by atoms with E-state index in [1.165, 1.54) is 10.4 Å². The van der Waals surface area contributed by atoms with Crippen LogP contribution in [0, 0.1) is 5.92 Å². The largest absolute Gasteiger partial charge is 0.407 e. The Labute approximate surface area is 148 Å². The lowest BCUT2D eigenvalue weighted by molar-refractivity contribution is 0.246. The van der Waals surface area contributed by atoms with Crippen molar-refractivity contribution in [2.75, 3.05) is 6.61 Å². The highest BCUT2D eigenvalue weighted by Crippen LogP contribution is 2.37. The van der Waals surface area contributed by atoms with Crippen molar-refractivity contribution in [3.63, 3.8) is 0 Å². The molecule has 0 bridgehead atoms. The Hall–Kier alpha value is -1.64. The Balaban J connectivity index is 2.55. The predicted octanol–water partition coefficient (Wildman–Crippen LogP) is 4.78. The highest BCUT2D eigenvalue weighted by Gasteiger charge is 2.50. The van der Waals surface area contributed by atoms with E-state index in [-0.39, 0.29) is 5.04 Å². The Morgan fingerprint density at radius 3 is 1.79 bits per heavy atom. The molecule has 0 heterocycles. The number of hydrogen-bond acceptors (Lipinski definition) is 1. The van der Waals surface area contributed by atoms with Crippen molar-refractivity contribution in [1.82, 2.24) is 0 Å². The highest BCUT2D eigenvalue weighted by atomic mass is 28.4. The van der Waals surface area contributed by atoms with Gasteiger partial charge in [-0.25, -0.2) is 0 Å². The van der Waals surface area contributed by atoms with E-state index in [4.69, 9.17) is 4.43 Å². The molecule has 0 saturated carbocycles. The van der Waals surface area contributed by atoms with E-state index < -0.39 is 8.32 Å². The van der Waals surface area contributed by atoms with Crippen molar-refractivity contribution in [2.24, 2.45) is 5.92 Å². The summed E-state index contributed by atoms with van der Waals surface area (Å²) in [7, 11) is -2.38. The van der Waals surface area contributed by atoms with E-state index in [9.17, 15) is 0 Å². The highest BCUT2D eigenvalue weighted by molar-refractivity contribution is 6.99. The van der Waals surface area contributed by atoms with E-state index in [1.807, 2.05) is 6.08 Å². The molecule has 0 aliphatic heterocycles. The molecule has 1 atom stereocenters. The zero-order chi connectivity index (χ0) is 17.6. The van der Waals surface area contributed by atoms with Gasteiger partial charge in [-0.2, -0.15) is 0 Å². The average Bonchev–Trinajstić information content (AvgIpc) is 2.56. The van der Waals surface area contributed by atoms with E-state index >= 15 is 0 Å². The first-order valence-electron chi connectivity index (χ1n) is 8.77. The molecule has 0 spiro atoms. The van der Waals surface area contributed by atoms with E-state index in [2.05, 4.69) is 94.9 Å². The van der Waals surface area contributed by atoms with Crippen molar-refractivity contribution in [2.45, 2.75) is 39.2 Å². The standard InChI is InChI=1S/C22H30OSi/c1-6-13-19(2)18-23-24(22(3,4)5,20-14-9-7-10-15-20)21-16-11-8-12-17-21/h6-12,14-17,19H,1,13,18H2,2-5H3/t19-/m1/s1.